The Kier molecular flexibility index (Phi) is 6.10. The fraction of sp³-hybridized carbons (Fsp3) is 0.571. The molecule has 1 heteroatoms. The minimum absolute atomic E-state index is 0.846. The Morgan fingerprint density at radius 1 is 1.13 bits per heavy atom. The molecule has 0 fully saturated rings. The van der Waals surface area contributed by atoms with E-state index in [4.69, 9.17) is 0 Å². The van der Waals surface area contributed by atoms with E-state index in [0.29, 0.717) is 0 Å². The molecule has 1 nitrogen and oxygen atoms in total. The summed E-state index contributed by atoms with van der Waals surface area (Å²) in [5, 5.41) is 3.54. The van der Waals surface area contributed by atoms with E-state index in [0.717, 1.165) is 19.0 Å². The molecule has 1 atom stereocenters. The number of rotatable bonds is 7. The van der Waals surface area contributed by atoms with Gasteiger partial charge in [0.15, 0.2) is 0 Å². The first-order valence-corrected chi connectivity index (χ1v) is 6.11. The van der Waals surface area contributed by atoms with Gasteiger partial charge < -0.3 is 5.32 Å². The highest BCUT2D eigenvalue weighted by molar-refractivity contribution is 5.14. The normalized spacial score (nSPS) is 12.7. The lowest BCUT2D eigenvalue weighted by atomic mass is 10.0. The summed E-state index contributed by atoms with van der Waals surface area (Å²) in [6.07, 6.45) is 3.93. The third kappa shape index (κ3) is 4.98. The highest BCUT2D eigenvalue weighted by atomic mass is 14.9. The molecule has 0 bridgehead atoms. The standard InChI is InChI=1S/C14H23N/c1-3-8-13(4-2)11-15-12-14-9-6-5-7-10-14/h5-7,9-10,13,15H,3-4,8,11-12H2,1-2H3/t13-/m0/s1. The average Bonchev–Trinajstić information content (AvgIpc) is 2.29. The molecule has 0 radical (unpaired) electrons. The molecule has 0 spiro atoms. The summed E-state index contributed by atoms with van der Waals surface area (Å²) in [5.41, 5.74) is 1.38. The first-order valence-electron chi connectivity index (χ1n) is 6.11. The van der Waals surface area contributed by atoms with Crippen molar-refractivity contribution in [3.63, 3.8) is 0 Å². The van der Waals surface area contributed by atoms with Crippen molar-refractivity contribution in [1.82, 2.24) is 5.32 Å². The van der Waals surface area contributed by atoms with Gasteiger partial charge in [-0.3, -0.25) is 0 Å². The summed E-state index contributed by atoms with van der Waals surface area (Å²) >= 11 is 0. The topological polar surface area (TPSA) is 12.0 Å². The molecular formula is C14H23N. The Bertz CT molecular complexity index is 243. The predicted octanol–water partition coefficient (Wildman–Crippen LogP) is 3.60. The van der Waals surface area contributed by atoms with E-state index in [9.17, 15) is 0 Å². The van der Waals surface area contributed by atoms with Crippen LogP contribution in [0.1, 0.15) is 38.7 Å². The lowest BCUT2D eigenvalue weighted by Crippen LogP contribution is -2.22. The number of hydrogen-bond donors (Lipinski definition) is 1. The minimum Gasteiger partial charge on any atom is -0.312 e. The number of hydrogen-bond acceptors (Lipinski definition) is 1. The average molecular weight is 205 g/mol. The van der Waals surface area contributed by atoms with E-state index in [1.807, 2.05) is 0 Å². The number of nitrogens with one attached hydrogen (secondary N) is 1. The SMILES string of the molecule is CCC[C@H](CC)CNCc1ccccc1. The molecule has 15 heavy (non-hydrogen) atoms. The highest BCUT2D eigenvalue weighted by Crippen LogP contribution is 2.09. The van der Waals surface area contributed by atoms with Crippen LogP contribution in [0, 0.1) is 5.92 Å². The van der Waals surface area contributed by atoms with E-state index in [2.05, 4.69) is 49.5 Å². The van der Waals surface area contributed by atoms with Gasteiger partial charge in [-0.05, 0) is 24.4 Å². The minimum atomic E-state index is 0.846. The second-order valence-electron chi connectivity index (χ2n) is 4.18. The second kappa shape index (κ2) is 7.47. The van der Waals surface area contributed by atoms with Crippen LogP contribution in [0.25, 0.3) is 0 Å². The summed E-state index contributed by atoms with van der Waals surface area (Å²) in [4.78, 5) is 0. The zero-order valence-corrected chi connectivity index (χ0v) is 10.00. The summed E-state index contributed by atoms with van der Waals surface area (Å²) < 4.78 is 0. The van der Waals surface area contributed by atoms with Gasteiger partial charge in [0.05, 0.1) is 0 Å². The third-order valence-electron chi connectivity index (χ3n) is 2.88. The summed E-state index contributed by atoms with van der Waals surface area (Å²) in [7, 11) is 0. The van der Waals surface area contributed by atoms with E-state index < -0.39 is 0 Å². The van der Waals surface area contributed by atoms with Gasteiger partial charge in [0.1, 0.15) is 0 Å². The van der Waals surface area contributed by atoms with Crippen LogP contribution in [0.4, 0.5) is 0 Å². The zero-order chi connectivity index (χ0) is 10.9. The van der Waals surface area contributed by atoms with Crippen LogP contribution >= 0.6 is 0 Å². The molecule has 1 N–H and O–H groups in total. The van der Waals surface area contributed by atoms with Crippen molar-refractivity contribution in [3.8, 4) is 0 Å². The fourth-order valence-corrected chi connectivity index (χ4v) is 1.88. The van der Waals surface area contributed by atoms with Crippen LogP contribution < -0.4 is 5.32 Å². The smallest absolute Gasteiger partial charge is 0.0205 e. The Morgan fingerprint density at radius 3 is 2.47 bits per heavy atom. The van der Waals surface area contributed by atoms with Crippen LogP contribution in [-0.2, 0) is 6.54 Å². The maximum atomic E-state index is 3.54. The predicted molar refractivity (Wildman–Crippen MR) is 66.8 cm³/mol. The molecule has 1 rings (SSSR count). The molecule has 0 aliphatic heterocycles. The molecule has 0 unspecified atom stereocenters. The van der Waals surface area contributed by atoms with Crippen LogP contribution in [0.5, 0.6) is 0 Å². The van der Waals surface area contributed by atoms with Crippen molar-refractivity contribution >= 4 is 0 Å². The first-order chi connectivity index (χ1) is 7.36. The van der Waals surface area contributed by atoms with Crippen molar-refractivity contribution in [2.75, 3.05) is 6.54 Å². The summed E-state index contributed by atoms with van der Waals surface area (Å²) in [6.45, 7) is 6.70. The van der Waals surface area contributed by atoms with Gasteiger partial charge in [0.2, 0.25) is 0 Å². The largest absolute Gasteiger partial charge is 0.312 e. The Morgan fingerprint density at radius 2 is 1.87 bits per heavy atom. The Labute approximate surface area is 93.9 Å². The van der Waals surface area contributed by atoms with E-state index in [1.165, 1.54) is 24.8 Å². The third-order valence-corrected chi connectivity index (χ3v) is 2.88. The molecule has 1 aromatic rings. The van der Waals surface area contributed by atoms with Crippen molar-refractivity contribution in [3.05, 3.63) is 35.9 Å². The van der Waals surface area contributed by atoms with Crippen molar-refractivity contribution in [1.29, 1.82) is 0 Å². The van der Waals surface area contributed by atoms with Gasteiger partial charge in [0, 0.05) is 6.54 Å². The highest BCUT2D eigenvalue weighted by Gasteiger charge is 2.03. The molecule has 0 heterocycles. The van der Waals surface area contributed by atoms with Crippen LogP contribution in [0.2, 0.25) is 0 Å². The quantitative estimate of drug-likeness (QED) is 0.717. The zero-order valence-electron chi connectivity index (χ0n) is 10.00. The molecule has 0 amide bonds. The molecule has 0 aliphatic carbocycles. The van der Waals surface area contributed by atoms with Gasteiger partial charge in [-0.25, -0.2) is 0 Å². The van der Waals surface area contributed by atoms with Gasteiger partial charge in [-0.15, -0.1) is 0 Å². The molecule has 0 aromatic heterocycles. The second-order valence-corrected chi connectivity index (χ2v) is 4.18. The van der Waals surface area contributed by atoms with E-state index in [-0.39, 0.29) is 0 Å². The van der Waals surface area contributed by atoms with Crippen molar-refractivity contribution in [2.24, 2.45) is 5.92 Å². The van der Waals surface area contributed by atoms with Crippen LogP contribution in [0.3, 0.4) is 0 Å². The lowest BCUT2D eigenvalue weighted by molar-refractivity contribution is 0.428. The molecule has 1 aromatic carbocycles. The van der Waals surface area contributed by atoms with Gasteiger partial charge >= 0.3 is 0 Å². The molecule has 84 valence electrons. The molecule has 0 saturated heterocycles. The molecule has 0 aliphatic rings. The van der Waals surface area contributed by atoms with E-state index in [1.54, 1.807) is 0 Å². The Hall–Kier alpha value is -0.820. The first kappa shape index (κ1) is 12.3. The lowest BCUT2D eigenvalue weighted by Gasteiger charge is -2.14. The number of benzene rings is 1. The molecular weight excluding hydrogens is 182 g/mol. The van der Waals surface area contributed by atoms with Crippen molar-refractivity contribution < 1.29 is 0 Å². The maximum Gasteiger partial charge on any atom is 0.0205 e. The fourth-order valence-electron chi connectivity index (χ4n) is 1.88. The van der Waals surface area contributed by atoms with Gasteiger partial charge in [-0.1, -0.05) is 57.0 Å². The van der Waals surface area contributed by atoms with Crippen LogP contribution in [-0.4, -0.2) is 6.54 Å². The van der Waals surface area contributed by atoms with E-state index >= 15 is 0 Å². The summed E-state index contributed by atoms with van der Waals surface area (Å²) in [6, 6.07) is 10.6. The van der Waals surface area contributed by atoms with Crippen LogP contribution in [0.15, 0.2) is 30.3 Å². The van der Waals surface area contributed by atoms with Crippen molar-refractivity contribution in [2.45, 2.75) is 39.7 Å². The van der Waals surface area contributed by atoms with Gasteiger partial charge in [0.25, 0.3) is 0 Å². The maximum absolute atomic E-state index is 3.54. The van der Waals surface area contributed by atoms with Gasteiger partial charge in [-0.2, -0.15) is 0 Å². The Balaban J connectivity index is 2.20. The summed E-state index contributed by atoms with van der Waals surface area (Å²) in [5.74, 6) is 0.846. The molecule has 0 saturated carbocycles. The monoisotopic (exact) mass is 205 g/mol.